The first-order valence-corrected chi connectivity index (χ1v) is 6.89. The van der Waals surface area contributed by atoms with E-state index in [9.17, 15) is 4.79 Å². The van der Waals surface area contributed by atoms with Gasteiger partial charge in [-0.3, -0.25) is 4.79 Å². The molecule has 6 heteroatoms. The third-order valence-electron chi connectivity index (χ3n) is 3.68. The van der Waals surface area contributed by atoms with Crippen LogP contribution in [0.25, 0.3) is 0 Å². The second-order valence-electron chi connectivity index (χ2n) is 5.09. The number of ether oxygens (including phenoxy) is 1. The smallest absolute Gasteiger partial charge is 0.233 e. The zero-order valence-corrected chi connectivity index (χ0v) is 11.8. The van der Waals surface area contributed by atoms with E-state index in [1.54, 1.807) is 7.11 Å². The molecule has 1 unspecified atom stereocenters. The Morgan fingerprint density at radius 3 is 2.63 bits per heavy atom. The average molecular weight is 271 g/mol. The summed E-state index contributed by atoms with van der Waals surface area (Å²) in [6.07, 6.45) is 3.35. The minimum atomic E-state index is -0.492. The van der Waals surface area contributed by atoms with E-state index in [1.165, 1.54) is 0 Å². The van der Waals surface area contributed by atoms with E-state index in [1.807, 2.05) is 11.8 Å². The van der Waals surface area contributed by atoms with E-state index in [4.69, 9.17) is 15.7 Å². The third-order valence-corrected chi connectivity index (χ3v) is 3.68. The summed E-state index contributed by atoms with van der Waals surface area (Å²) in [5, 5.41) is 11.8. The molecule has 1 amide bonds. The third kappa shape index (κ3) is 4.38. The average Bonchev–Trinajstić information content (AvgIpc) is 2.44. The molecule has 1 saturated heterocycles. The van der Waals surface area contributed by atoms with Crippen LogP contribution in [0.2, 0.25) is 0 Å². The summed E-state index contributed by atoms with van der Waals surface area (Å²) in [5.41, 5.74) is 5.62. The molecule has 0 radical (unpaired) electrons. The van der Waals surface area contributed by atoms with Crippen molar-refractivity contribution in [3.05, 3.63) is 0 Å². The molecule has 6 nitrogen and oxygen atoms in total. The van der Waals surface area contributed by atoms with Gasteiger partial charge in [0.1, 0.15) is 0 Å². The maximum atomic E-state index is 12.4. The molecule has 0 bridgehead atoms. The standard InChI is InChI=1S/C13H25N3O3/c1-3-4-11(12(14)15-18)13(17)16-7-5-10(6-8-16)9-19-2/h10-11,18H,3-9H2,1-2H3,(H2,14,15). The van der Waals surface area contributed by atoms with E-state index in [-0.39, 0.29) is 11.7 Å². The van der Waals surface area contributed by atoms with E-state index < -0.39 is 5.92 Å². The van der Waals surface area contributed by atoms with Gasteiger partial charge in [0.15, 0.2) is 5.84 Å². The Morgan fingerprint density at radius 2 is 2.16 bits per heavy atom. The fourth-order valence-electron chi connectivity index (χ4n) is 2.53. The van der Waals surface area contributed by atoms with Gasteiger partial charge in [-0.05, 0) is 25.2 Å². The number of nitrogens with two attached hydrogens (primary N) is 1. The van der Waals surface area contributed by atoms with Gasteiger partial charge in [-0.25, -0.2) is 0 Å². The van der Waals surface area contributed by atoms with Crippen molar-refractivity contribution in [1.82, 2.24) is 4.90 Å². The molecule has 0 aromatic heterocycles. The maximum Gasteiger partial charge on any atom is 0.233 e. The Kier molecular flexibility index (Phi) is 6.62. The predicted molar refractivity (Wildman–Crippen MR) is 73.0 cm³/mol. The number of nitrogens with zero attached hydrogens (tertiary/aromatic N) is 2. The fraction of sp³-hybridized carbons (Fsp3) is 0.846. The largest absolute Gasteiger partial charge is 0.409 e. The first kappa shape index (κ1) is 15.8. The second kappa shape index (κ2) is 7.99. The molecule has 1 atom stereocenters. The van der Waals surface area contributed by atoms with Gasteiger partial charge in [-0.2, -0.15) is 0 Å². The number of hydrogen-bond donors (Lipinski definition) is 2. The molecule has 1 fully saturated rings. The minimum absolute atomic E-state index is 0.0193. The molecule has 1 heterocycles. The number of likely N-dealkylation sites (tertiary alicyclic amines) is 1. The Balaban J connectivity index is 2.57. The number of amides is 1. The number of rotatable bonds is 6. The molecule has 0 aliphatic carbocycles. The number of carbonyl (C=O) groups excluding carboxylic acids is 1. The number of carbonyl (C=O) groups is 1. The summed E-state index contributed by atoms with van der Waals surface area (Å²) in [4.78, 5) is 14.2. The van der Waals surface area contributed by atoms with Gasteiger partial charge in [0, 0.05) is 26.8 Å². The molecule has 19 heavy (non-hydrogen) atoms. The minimum Gasteiger partial charge on any atom is -0.409 e. The van der Waals surface area contributed by atoms with Crippen LogP contribution in [0.5, 0.6) is 0 Å². The molecule has 0 aromatic rings. The first-order valence-electron chi connectivity index (χ1n) is 6.89. The van der Waals surface area contributed by atoms with Crippen molar-refractivity contribution < 1.29 is 14.7 Å². The second-order valence-corrected chi connectivity index (χ2v) is 5.09. The van der Waals surface area contributed by atoms with E-state index >= 15 is 0 Å². The van der Waals surface area contributed by atoms with Crippen LogP contribution in [0, 0.1) is 11.8 Å². The summed E-state index contributed by atoms with van der Waals surface area (Å²) >= 11 is 0. The number of oxime groups is 1. The molecule has 1 rings (SSSR count). The molecular formula is C13H25N3O3. The molecule has 110 valence electrons. The maximum absolute atomic E-state index is 12.4. The summed E-state index contributed by atoms with van der Waals surface area (Å²) in [5.74, 6) is 0.0374. The van der Waals surface area contributed by atoms with Crippen LogP contribution in [0.4, 0.5) is 0 Å². The van der Waals surface area contributed by atoms with Crippen molar-refractivity contribution in [2.45, 2.75) is 32.6 Å². The van der Waals surface area contributed by atoms with Gasteiger partial charge in [0.25, 0.3) is 0 Å². The summed E-state index contributed by atoms with van der Waals surface area (Å²) in [6, 6.07) is 0. The van der Waals surface area contributed by atoms with Crippen molar-refractivity contribution in [3.8, 4) is 0 Å². The van der Waals surface area contributed by atoms with Gasteiger partial charge in [-0.1, -0.05) is 18.5 Å². The lowest BCUT2D eigenvalue weighted by Crippen LogP contribution is -2.46. The summed E-state index contributed by atoms with van der Waals surface area (Å²) in [6.45, 7) is 4.19. The van der Waals surface area contributed by atoms with Crippen molar-refractivity contribution in [3.63, 3.8) is 0 Å². The fourth-order valence-corrected chi connectivity index (χ4v) is 2.53. The summed E-state index contributed by atoms with van der Waals surface area (Å²) < 4.78 is 5.14. The Bertz CT molecular complexity index is 312. The lowest BCUT2D eigenvalue weighted by Gasteiger charge is -2.33. The number of amidine groups is 1. The van der Waals surface area contributed by atoms with Crippen molar-refractivity contribution in [1.29, 1.82) is 0 Å². The van der Waals surface area contributed by atoms with Crippen LogP contribution in [-0.2, 0) is 9.53 Å². The van der Waals surface area contributed by atoms with Crippen LogP contribution in [0.15, 0.2) is 5.16 Å². The lowest BCUT2D eigenvalue weighted by atomic mass is 9.95. The molecule has 3 N–H and O–H groups in total. The van der Waals surface area contributed by atoms with Crippen LogP contribution in [-0.4, -0.2) is 48.7 Å². The van der Waals surface area contributed by atoms with Crippen molar-refractivity contribution in [2.75, 3.05) is 26.8 Å². The first-order chi connectivity index (χ1) is 9.13. The number of piperidine rings is 1. The molecule has 1 aliphatic heterocycles. The Hall–Kier alpha value is -1.30. The lowest BCUT2D eigenvalue weighted by molar-refractivity contribution is -0.135. The highest BCUT2D eigenvalue weighted by Crippen LogP contribution is 2.20. The highest BCUT2D eigenvalue weighted by molar-refractivity contribution is 6.02. The topological polar surface area (TPSA) is 88.2 Å². The van der Waals surface area contributed by atoms with Crippen LogP contribution < -0.4 is 5.73 Å². The predicted octanol–water partition coefficient (Wildman–Crippen LogP) is 1.03. The van der Waals surface area contributed by atoms with Gasteiger partial charge < -0.3 is 20.6 Å². The normalized spacial score (nSPS) is 19.5. The number of hydrogen-bond acceptors (Lipinski definition) is 4. The zero-order chi connectivity index (χ0) is 14.3. The molecule has 0 saturated carbocycles. The van der Waals surface area contributed by atoms with Crippen LogP contribution in [0.1, 0.15) is 32.6 Å². The molecule has 0 spiro atoms. The molecule has 0 aromatic carbocycles. The molecule has 1 aliphatic rings. The number of methoxy groups -OCH3 is 1. The van der Waals surface area contributed by atoms with Gasteiger partial charge in [0.05, 0.1) is 5.92 Å². The van der Waals surface area contributed by atoms with Gasteiger partial charge in [0.2, 0.25) is 5.91 Å². The van der Waals surface area contributed by atoms with E-state index in [2.05, 4.69) is 5.16 Å². The van der Waals surface area contributed by atoms with Gasteiger partial charge >= 0.3 is 0 Å². The van der Waals surface area contributed by atoms with Crippen molar-refractivity contribution in [2.24, 2.45) is 22.7 Å². The Morgan fingerprint density at radius 1 is 1.53 bits per heavy atom. The van der Waals surface area contributed by atoms with Crippen molar-refractivity contribution >= 4 is 11.7 Å². The van der Waals surface area contributed by atoms with E-state index in [0.29, 0.717) is 12.3 Å². The van der Waals surface area contributed by atoms with Crippen LogP contribution in [0.3, 0.4) is 0 Å². The monoisotopic (exact) mass is 271 g/mol. The van der Waals surface area contributed by atoms with Gasteiger partial charge in [-0.15, -0.1) is 0 Å². The SMILES string of the molecule is CCCC(C(=O)N1CCC(COC)CC1)C(N)=NO. The summed E-state index contributed by atoms with van der Waals surface area (Å²) in [7, 11) is 1.70. The van der Waals surface area contributed by atoms with E-state index in [0.717, 1.165) is 39.0 Å². The highest BCUT2D eigenvalue weighted by Gasteiger charge is 2.30. The van der Waals surface area contributed by atoms with Crippen LogP contribution >= 0.6 is 0 Å². The molecular weight excluding hydrogens is 246 g/mol. The zero-order valence-electron chi connectivity index (χ0n) is 11.8. The highest BCUT2D eigenvalue weighted by atomic mass is 16.5. The Labute approximate surface area is 114 Å². The quantitative estimate of drug-likeness (QED) is 0.327.